The topological polar surface area (TPSA) is 75.6 Å². The van der Waals surface area contributed by atoms with Gasteiger partial charge in [-0.3, -0.25) is 9.59 Å². The zero-order valence-electron chi connectivity index (χ0n) is 10.6. The average molecular weight is 269 g/mol. The summed E-state index contributed by atoms with van der Waals surface area (Å²) in [5.74, 6) is -1.27. The monoisotopic (exact) mass is 269 g/mol. The number of benzene rings is 1. The Labute approximate surface area is 110 Å². The molecular weight excluding hydrogens is 253 g/mol. The highest BCUT2D eigenvalue weighted by atomic mass is 19.1. The van der Waals surface area contributed by atoms with Gasteiger partial charge >= 0.3 is 5.97 Å². The van der Waals surface area contributed by atoms with Gasteiger partial charge in [0.2, 0.25) is 6.41 Å². The number of rotatable bonds is 8. The van der Waals surface area contributed by atoms with Gasteiger partial charge in [0, 0.05) is 12.5 Å². The van der Waals surface area contributed by atoms with Gasteiger partial charge in [-0.15, -0.1) is 0 Å². The fourth-order valence-corrected chi connectivity index (χ4v) is 1.76. The number of carboxylic acids is 1. The standard InChI is InChI=1S/C13H16FNO4/c1-19-12-4-2-9(7-11(12)14)6-10(15-8-16)3-5-13(17)18/h2,4,7-8,10H,3,5-6H2,1H3,(H,15,16)(H,17,18). The van der Waals surface area contributed by atoms with Crippen molar-refractivity contribution in [3.63, 3.8) is 0 Å². The van der Waals surface area contributed by atoms with Gasteiger partial charge in [-0.1, -0.05) is 6.07 Å². The van der Waals surface area contributed by atoms with Gasteiger partial charge in [-0.2, -0.15) is 0 Å². The van der Waals surface area contributed by atoms with Crippen LogP contribution in [0.5, 0.6) is 5.75 Å². The zero-order valence-corrected chi connectivity index (χ0v) is 10.6. The molecule has 0 aromatic heterocycles. The first-order valence-corrected chi connectivity index (χ1v) is 5.80. The third kappa shape index (κ3) is 4.95. The minimum atomic E-state index is -0.932. The molecule has 104 valence electrons. The van der Waals surface area contributed by atoms with Crippen molar-refractivity contribution < 1.29 is 23.8 Å². The number of amides is 1. The summed E-state index contributed by atoms with van der Waals surface area (Å²) in [5, 5.41) is 11.2. The number of carbonyl (C=O) groups is 2. The number of carbonyl (C=O) groups excluding carboxylic acids is 1. The molecule has 0 spiro atoms. The molecule has 5 nitrogen and oxygen atoms in total. The smallest absolute Gasteiger partial charge is 0.303 e. The van der Waals surface area contributed by atoms with Gasteiger partial charge in [0.05, 0.1) is 7.11 Å². The van der Waals surface area contributed by atoms with Crippen LogP contribution in [-0.2, 0) is 16.0 Å². The van der Waals surface area contributed by atoms with Crippen LogP contribution in [0.3, 0.4) is 0 Å². The Morgan fingerprint density at radius 3 is 2.84 bits per heavy atom. The number of methoxy groups -OCH3 is 1. The van der Waals surface area contributed by atoms with E-state index in [9.17, 15) is 14.0 Å². The molecule has 0 saturated carbocycles. The van der Waals surface area contributed by atoms with Crippen molar-refractivity contribution in [2.75, 3.05) is 7.11 Å². The van der Waals surface area contributed by atoms with Crippen molar-refractivity contribution in [1.82, 2.24) is 5.32 Å². The average Bonchev–Trinajstić information content (AvgIpc) is 2.36. The van der Waals surface area contributed by atoms with E-state index in [0.717, 1.165) is 0 Å². The Balaban J connectivity index is 2.69. The van der Waals surface area contributed by atoms with E-state index >= 15 is 0 Å². The second-order valence-corrected chi connectivity index (χ2v) is 4.09. The van der Waals surface area contributed by atoms with E-state index in [1.807, 2.05) is 0 Å². The molecule has 1 rings (SSSR count). The summed E-state index contributed by atoms with van der Waals surface area (Å²) < 4.78 is 18.3. The van der Waals surface area contributed by atoms with Crippen LogP contribution in [0.1, 0.15) is 18.4 Å². The van der Waals surface area contributed by atoms with E-state index in [1.165, 1.54) is 19.2 Å². The van der Waals surface area contributed by atoms with Crippen LogP contribution in [0, 0.1) is 5.82 Å². The molecule has 1 aromatic rings. The molecule has 2 N–H and O–H groups in total. The van der Waals surface area contributed by atoms with Crippen LogP contribution in [-0.4, -0.2) is 30.6 Å². The second kappa shape index (κ2) is 7.35. The summed E-state index contributed by atoms with van der Waals surface area (Å²) in [6.45, 7) is 0. The number of halogens is 1. The van der Waals surface area contributed by atoms with E-state index in [4.69, 9.17) is 9.84 Å². The Bertz CT molecular complexity index is 450. The molecule has 0 aliphatic heterocycles. The maximum atomic E-state index is 13.5. The largest absolute Gasteiger partial charge is 0.494 e. The van der Waals surface area contributed by atoms with Crippen molar-refractivity contribution in [2.24, 2.45) is 0 Å². The number of ether oxygens (including phenoxy) is 1. The van der Waals surface area contributed by atoms with Crippen LogP contribution in [0.4, 0.5) is 4.39 Å². The molecule has 6 heteroatoms. The maximum absolute atomic E-state index is 13.5. The molecule has 0 heterocycles. The quantitative estimate of drug-likeness (QED) is 0.699. The highest BCUT2D eigenvalue weighted by Crippen LogP contribution is 2.19. The van der Waals surface area contributed by atoms with Gasteiger partial charge in [0.15, 0.2) is 11.6 Å². The van der Waals surface area contributed by atoms with E-state index < -0.39 is 11.8 Å². The molecule has 0 aliphatic rings. The SMILES string of the molecule is COc1ccc(CC(CCC(=O)O)NC=O)cc1F. The third-order valence-electron chi connectivity index (χ3n) is 2.71. The van der Waals surface area contributed by atoms with Crippen molar-refractivity contribution >= 4 is 12.4 Å². The maximum Gasteiger partial charge on any atom is 0.303 e. The first kappa shape index (κ1) is 14.9. The lowest BCUT2D eigenvalue weighted by Crippen LogP contribution is -2.30. The lowest BCUT2D eigenvalue weighted by atomic mass is 10.0. The van der Waals surface area contributed by atoms with Gasteiger partial charge in [-0.25, -0.2) is 4.39 Å². The van der Waals surface area contributed by atoms with Crippen molar-refractivity contribution in [1.29, 1.82) is 0 Å². The number of hydrogen-bond acceptors (Lipinski definition) is 3. The fourth-order valence-electron chi connectivity index (χ4n) is 1.76. The molecule has 0 saturated heterocycles. The Kier molecular flexibility index (Phi) is 5.78. The summed E-state index contributed by atoms with van der Waals surface area (Å²) >= 11 is 0. The number of carboxylic acid groups (broad SMARTS) is 1. The van der Waals surface area contributed by atoms with E-state index in [0.29, 0.717) is 24.8 Å². The van der Waals surface area contributed by atoms with Crippen LogP contribution in [0.2, 0.25) is 0 Å². The second-order valence-electron chi connectivity index (χ2n) is 4.09. The molecule has 19 heavy (non-hydrogen) atoms. The number of hydrogen-bond donors (Lipinski definition) is 2. The highest BCUT2D eigenvalue weighted by Gasteiger charge is 2.12. The number of nitrogens with one attached hydrogen (secondary N) is 1. The van der Waals surface area contributed by atoms with Gasteiger partial charge in [0.25, 0.3) is 0 Å². The Morgan fingerprint density at radius 2 is 2.32 bits per heavy atom. The first-order chi connectivity index (χ1) is 9.06. The predicted octanol–water partition coefficient (Wildman–Crippen LogP) is 1.36. The summed E-state index contributed by atoms with van der Waals surface area (Å²) in [6, 6.07) is 4.17. The number of aliphatic carboxylic acids is 1. The van der Waals surface area contributed by atoms with Gasteiger partial charge in [0.1, 0.15) is 0 Å². The first-order valence-electron chi connectivity index (χ1n) is 5.80. The van der Waals surface area contributed by atoms with Crippen LogP contribution in [0.25, 0.3) is 0 Å². The molecule has 1 atom stereocenters. The summed E-state index contributed by atoms with van der Waals surface area (Å²) in [4.78, 5) is 21.0. The summed E-state index contributed by atoms with van der Waals surface area (Å²) in [7, 11) is 1.38. The van der Waals surface area contributed by atoms with E-state index in [2.05, 4.69) is 5.32 Å². The lowest BCUT2D eigenvalue weighted by molar-refractivity contribution is -0.137. The highest BCUT2D eigenvalue weighted by molar-refractivity contribution is 5.66. The van der Waals surface area contributed by atoms with E-state index in [1.54, 1.807) is 6.07 Å². The molecule has 0 fully saturated rings. The molecule has 0 bridgehead atoms. The summed E-state index contributed by atoms with van der Waals surface area (Å²) in [6.07, 6.45) is 1.13. The summed E-state index contributed by atoms with van der Waals surface area (Å²) in [5.41, 5.74) is 0.669. The third-order valence-corrected chi connectivity index (χ3v) is 2.71. The molecule has 1 aromatic carbocycles. The van der Waals surface area contributed by atoms with E-state index in [-0.39, 0.29) is 18.2 Å². The molecule has 0 aliphatic carbocycles. The van der Waals surface area contributed by atoms with Crippen LogP contribution >= 0.6 is 0 Å². The molecule has 0 radical (unpaired) electrons. The molecule has 1 unspecified atom stereocenters. The predicted molar refractivity (Wildman–Crippen MR) is 66.5 cm³/mol. The Hall–Kier alpha value is -2.11. The zero-order chi connectivity index (χ0) is 14.3. The molecule has 1 amide bonds. The van der Waals surface area contributed by atoms with Gasteiger partial charge < -0.3 is 15.2 Å². The van der Waals surface area contributed by atoms with Crippen molar-refractivity contribution in [3.8, 4) is 5.75 Å². The minimum Gasteiger partial charge on any atom is -0.494 e. The fraction of sp³-hybridized carbons (Fsp3) is 0.385. The lowest BCUT2D eigenvalue weighted by Gasteiger charge is -2.15. The molecular formula is C13H16FNO4. The normalized spacial score (nSPS) is 11.7. The van der Waals surface area contributed by atoms with Crippen LogP contribution < -0.4 is 10.1 Å². The van der Waals surface area contributed by atoms with Crippen LogP contribution in [0.15, 0.2) is 18.2 Å². The van der Waals surface area contributed by atoms with Crippen molar-refractivity contribution in [3.05, 3.63) is 29.6 Å². The Morgan fingerprint density at radius 1 is 1.58 bits per heavy atom. The van der Waals surface area contributed by atoms with Gasteiger partial charge in [-0.05, 0) is 30.5 Å². The minimum absolute atomic E-state index is 0.0514. The van der Waals surface area contributed by atoms with Crippen molar-refractivity contribution in [2.45, 2.75) is 25.3 Å².